The molecule has 0 radical (unpaired) electrons. The zero-order valence-electron chi connectivity index (χ0n) is 8.70. The Morgan fingerprint density at radius 1 is 1.00 bits per heavy atom. The smallest absolute Gasteiger partial charge is 0.119 e. The van der Waals surface area contributed by atoms with Gasteiger partial charge in [-0.1, -0.05) is 28.1 Å². The van der Waals surface area contributed by atoms with E-state index in [1.54, 1.807) is 7.11 Å². The summed E-state index contributed by atoms with van der Waals surface area (Å²) in [4.78, 5) is 0. The second-order valence-corrected chi connectivity index (χ2v) is 3.77. The Kier molecular flexibility index (Phi) is 4.59. The molecule has 0 aliphatic carbocycles. The first-order valence-corrected chi connectivity index (χ1v) is 5.27. The lowest BCUT2D eigenvalue weighted by Gasteiger charge is -2.02. The Hall–Kier alpha value is -1.06. The minimum atomic E-state index is 0.898. The van der Waals surface area contributed by atoms with Crippen molar-refractivity contribution in [2.24, 2.45) is 0 Å². The molecule has 3 heteroatoms. The van der Waals surface area contributed by atoms with Crippen molar-refractivity contribution >= 4 is 26.7 Å². The summed E-state index contributed by atoms with van der Waals surface area (Å²) >= 11 is 3.44. The minimum Gasteiger partial charge on any atom is -0.497 e. The molecule has 0 atom stereocenters. The van der Waals surface area contributed by atoms with E-state index in [9.17, 15) is 0 Å². The van der Waals surface area contributed by atoms with Gasteiger partial charge in [0.1, 0.15) is 5.75 Å². The molecule has 0 saturated carbocycles. The molecular formula is C12H13BrO2. The third-order valence-electron chi connectivity index (χ3n) is 2.01. The first-order chi connectivity index (χ1) is 7.29. The molecule has 0 spiro atoms. The van der Waals surface area contributed by atoms with Crippen molar-refractivity contribution in [2.45, 2.75) is 0 Å². The van der Waals surface area contributed by atoms with E-state index in [1.165, 1.54) is 10.8 Å². The van der Waals surface area contributed by atoms with Gasteiger partial charge in [-0.2, -0.15) is 0 Å². The Labute approximate surface area is 97.6 Å². The lowest BCUT2D eigenvalue weighted by atomic mass is 10.1. The number of halogens is 1. The topological polar surface area (TPSA) is 29.5 Å². The largest absolute Gasteiger partial charge is 0.497 e. The van der Waals surface area contributed by atoms with E-state index in [1.807, 2.05) is 18.2 Å². The molecule has 15 heavy (non-hydrogen) atoms. The summed E-state index contributed by atoms with van der Waals surface area (Å²) in [6.45, 7) is 0. The van der Waals surface area contributed by atoms with Gasteiger partial charge in [-0.05, 0) is 35.0 Å². The number of hydrogen-bond acceptors (Lipinski definition) is 2. The number of fused-ring (bicyclic) bond motifs is 1. The third kappa shape index (κ3) is 2.94. The van der Waals surface area contributed by atoms with Crippen LogP contribution in [0.4, 0.5) is 0 Å². The van der Waals surface area contributed by atoms with Gasteiger partial charge in [0.2, 0.25) is 0 Å². The standard InChI is InChI=1S/C11H9BrO.CH4O/c1-13-11-5-3-8-6-10(12)4-2-9(8)7-11;1-2/h2-7H,1H3;2H,1H3. The molecule has 0 saturated heterocycles. The number of benzene rings is 2. The molecule has 1 N–H and O–H groups in total. The predicted molar refractivity (Wildman–Crippen MR) is 66.3 cm³/mol. The van der Waals surface area contributed by atoms with Crippen LogP contribution < -0.4 is 4.74 Å². The normalized spacial score (nSPS) is 9.33. The van der Waals surface area contributed by atoms with Crippen molar-refractivity contribution in [1.82, 2.24) is 0 Å². The number of ether oxygens (including phenoxy) is 1. The summed E-state index contributed by atoms with van der Waals surface area (Å²) in [5.74, 6) is 0.898. The molecule has 0 bridgehead atoms. The van der Waals surface area contributed by atoms with Gasteiger partial charge in [0, 0.05) is 11.6 Å². The van der Waals surface area contributed by atoms with Crippen LogP contribution in [0.25, 0.3) is 10.8 Å². The quantitative estimate of drug-likeness (QED) is 0.861. The van der Waals surface area contributed by atoms with Crippen molar-refractivity contribution in [3.8, 4) is 5.75 Å². The Bertz CT molecular complexity index is 441. The summed E-state index contributed by atoms with van der Waals surface area (Å²) < 4.78 is 6.24. The van der Waals surface area contributed by atoms with Crippen molar-refractivity contribution in [1.29, 1.82) is 0 Å². The van der Waals surface area contributed by atoms with E-state index in [4.69, 9.17) is 9.84 Å². The maximum Gasteiger partial charge on any atom is 0.119 e. The number of rotatable bonds is 1. The number of methoxy groups -OCH3 is 1. The zero-order valence-corrected chi connectivity index (χ0v) is 10.3. The minimum absolute atomic E-state index is 0.898. The summed E-state index contributed by atoms with van der Waals surface area (Å²) in [5.41, 5.74) is 0. The van der Waals surface area contributed by atoms with Gasteiger partial charge in [-0.3, -0.25) is 0 Å². The van der Waals surface area contributed by atoms with Crippen LogP contribution in [-0.2, 0) is 0 Å². The number of aliphatic hydroxyl groups excluding tert-OH is 1. The lowest BCUT2D eigenvalue weighted by Crippen LogP contribution is -1.81. The van der Waals surface area contributed by atoms with Gasteiger partial charge < -0.3 is 9.84 Å². The second-order valence-electron chi connectivity index (χ2n) is 2.86. The van der Waals surface area contributed by atoms with Gasteiger partial charge in [0.05, 0.1) is 7.11 Å². The van der Waals surface area contributed by atoms with Gasteiger partial charge in [-0.25, -0.2) is 0 Å². The molecular weight excluding hydrogens is 256 g/mol. The zero-order chi connectivity index (χ0) is 11.3. The highest BCUT2D eigenvalue weighted by molar-refractivity contribution is 9.10. The average Bonchev–Trinajstić information content (AvgIpc) is 2.31. The third-order valence-corrected chi connectivity index (χ3v) is 2.50. The van der Waals surface area contributed by atoms with Crippen molar-refractivity contribution in [3.05, 3.63) is 40.9 Å². The molecule has 2 aromatic carbocycles. The Morgan fingerprint density at radius 2 is 1.60 bits per heavy atom. The summed E-state index contributed by atoms with van der Waals surface area (Å²) in [5, 5.41) is 9.41. The summed E-state index contributed by atoms with van der Waals surface area (Å²) in [6, 6.07) is 12.2. The highest BCUT2D eigenvalue weighted by Crippen LogP contribution is 2.23. The van der Waals surface area contributed by atoms with Crippen LogP contribution in [0.1, 0.15) is 0 Å². The summed E-state index contributed by atoms with van der Waals surface area (Å²) in [7, 11) is 2.68. The van der Waals surface area contributed by atoms with Gasteiger partial charge in [0.25, 0.3) is 0 Å². The molecule has 0 fully saturated rings. The second kappa shape index (κ2) is 5.73. The highest BCUT2D eigenvalue weighted by atomic mass is 79.9. The van der Waals surface area contributed by atoms with Gasteiger partial charge >= 0.3 is 0 Å². The molecule has 2 nitrogen and oxygen atoms in total. The predicted octanol–water partition coefficient (Wildman–Crippen LogP) is 3.22. The fraction of sp³-hybridized carbons (Fsp3) is 0.167. The molecule has 2 aromatic rings. The van der Waals surface area contributed by atoms with E-state index in [0.29, 0.717) is 0 Å². The molecule has 0 aliphatic heterocycles. The first-order valence-electron chi connectivity index (χ1n) is 4.47. The van der Waals surface area contributed by atoms with Crippen LogP contribution in [0.5, 0.6) is 5.75 Å². The van der Waals surface area contributed by atoms with E-state index in [-0.39, 0.29) is 0 Å². The van der Waals surface area contributed by atoms with Crippen LogP contribution in [0, 0.1) is 0 Å². The van der Waals surface area contributed by atoms with Crippen LogP contribution >= 0.6 is 15.9 Å². The number of hydrogen-bond donors (Lipinski definition) is 1. The first kappa shape index (κ1) is 12.0. The van der Waals surface area contributed by atoms with Gasteiger partial charge in [-0.15, -0.1) is 0 Å². The summed E-state index contributed by atoms with van der Waals surface area (Å²) in [6.07, 6.45) is 0. The van der Waals surface area contributed by atoms with Crippen LogP contribution in [0.15, 0.2) is 40.9 Å². The van der Waals surface area contributed by atoms with E-state index >= 15 is 0 Å². The molecule has 0 amide bonds. The Morgan fingerprint density at radius 3 is 2.27 bits per heavy atom. The maximum atomic E-state index is 7.00. The molecule has 0 heterocycles. The van der Waals surface area contributed by atoms with E-state index in [2.05, 4.69) is 34.1 Å². The van der Waals surface area contributed by atoms with Crippen molar-refractivity contribution in [3.63, 3.8) is 0 Å². The SMILES string of the molecule is CO.COc1ccc2cc(Br)ccc2c1. The fourth-order valence-electron chi connectivity index (χ4n) is 1.32. The van der Waals surface area contributed by atoms with E-state index in [0.717, 1.165) is 17.3 Å². The Balaban J connectivity index is 0.000000531. The van der Waals surface area contributed by atoms with Gasteiger partial charge in [0.15, 0.2) is 0 Å². The van der Waals surface area contributed by atoms with Crippen LogP contribution in [0.2, 0.25) is 0 Å². The molecule has 0 unspecified atom stereocenters. The molecule has 0 aromatic heterocycles. The van der Waals surface area contributed by atoms with Crippen LogP contribution in [-0.4, -0.2) is 19.3 Å². The van der Waals surface area contributed by atoms with Crippen molar-refractivity contribution in [2.75, 3.05) is 14.2 Å². The van der Waals surface area contributed by atoms with Crippen molar-refractivity contribution < 1.29 is 9.84 Å². The number of aliphatic hydroxyl groups is 1. The van der Waals surface area contributed by atoms with Crippen LogP contribution in [0.3, 0.4) is 0 Å². The fourth-order valence-corrected chi connectivity index (χ4v) is 1.70. The van der Waals surface area contributed by atoms with E-state index < -0.39 is 0 Å². The molecule has 0 aliphatic rings. The monoisotopic (exact) mass is 268 g/mol. The molecule has 80 valence electrons. The maximum absolute atomic E-state index is 7.00. The highest BCUT2D eigenvalue weighted by Gasteiger charge is 1.96. The average molecular weight is 269 g/mol. The molecule has 2 rings (SSSR count). The lowest BCUT2D eigenvalue weighted by molar-refractivity contribution is 0.399.